The van der Waals surface area contributed by atoms with Crippen LogP contribution in [0, 0.1) is 13.8 Å². The number of carbonyl (C=O) groups excluding carboxylic acids is 1. The standard InChI is InChI=1S/C21H26N2O.ClH/c1-16-5-9-18(10-6-16)20(23-13-3-4-14-23)15-22-21(24)19-11-7-17(2)8-12-19;/h5-12,20H,3-4,13-15H2,1-2H3,(H,22,24);1H. The molecule has 2 aromatic rings. The Balaban J connectivity index is 0.00000225. The molecule has 134 valence electrons. The van der Waals surface area contributed by atoms with Crippen LogP contribution in [0.25, 0.3) is 0 Å². The Hall–Kier alpha value is -1.84. The molecule has 25 heavy (non-hydrogen) atoms. The summed E-state index contributed by atoms with van der Waals surface area (Å²) in [6, 6.07) is 16.7. The highest BCUT2D eigenvalue weighted by Gasteiger charge is 2.24. The second kappa shape index (κ2) is 9.02. The van der Waals surface area contributed by atoms with E-state index in [1.165, 1.54) is 29.5 Å². The highest BCUT2D eigenvalue weighted by molar-refractivity contribution is 5.94. The lowest BCUT2D eigenvalue weighted by molar-refractivity contribution is 0.0938. The van der Waals surface area contributed by atoms with E-state index >= 15 is 0 Å². The van der Waals surface area contributed by atoms with Gasteiger partial charge in [-0.1, -0.05) is 47.5 Å². The number of aryl methyl sites for hydroxylation is 2. The largest absolute Gasteiger partial charge is 0.350 e. The molecule has 0 aromatic heterocycles. The molecular formula is C21H27ClN2O. The van der Waals surface area contributed by atoms with Gasteiger partial charge in [-0.15, -0.1) is 12.4 Å². The van der Waals surface area contributed by atoms with Crippen LogP contribution < -0.4 is 5.32 Å². The molecule has 0 bridgehead atoms. The van der Waals surface area contributed by atoms with Crippen molar-refractivity contribution in [2.45, 2.75) is 32.7 Å². The first-order valence-corrected chi connectivity index (χ1v) is 8.79. The number of amides is 1. The first kappa shape index (κ1) is 19.5. The first-order valence-electron chi connectivity index (χ1n) is 8.79. The molecule has 0 spiro atoms. The summed E-state index contributed by atoms with van der Waals surface area (Å²) in [6.45, 7) is 7.00. The third-order valence-corrected chi connectivity index (χ3v) is 4.81. The minimum Gasteiger partial charge on any atom is -0.350 e. The number of nitrogens with one attached hydrogen (secondary N) is 1. The van der Waals surface area contributed by atoms with Gasteiger partial charge in [-0.25, -0.2) is 0 Å². The summed E-state index contributed by atoms with van der Waals surface area (Å²) in [5.41, 5.74) is 4.44. The molecule has 1 heterocycles. The van der Waals surface area contributed by atoms with Crippen LogP contribution in [0.3, 0.4) is 0 Å². The van der Waals surface area contributed by atoms with Crippen molar-refractivity contribution in [2.24, 2.45) is 0 Å². The van der Waals surface area contributed by atoms with Crippen LogP contribution >= 0.6 is 12.4 Å². The molecule has 2 aromatic carbocycles. The molecule has 3 nitrogen and oxygen atoms in total. The summed E-state index contributed by atoms with van der Waals surface area (Å²) in [4.78, 5) is 14.9. The normalized spacial score (nSPS) is 15.4. The van der Waals surface area contributed by atoms with E-state index in [4.69, 9.17) is 0 Å². The molecular weight excluding hydrogens is 332 g/mol. The van der Waals surface area contributed by atoms with E-state index in [0.717, 1.165) is 18.7 Å². The molecule has 0 radical (unpaired) electrons. The number of rotatable bonds is 5. The smallest absolute Gasteiger partial charge is 0.251 e. The lowest BCUT2D eigenvalue weighted by Crippen LogP contribution is -2.36. The number of benzene rings is 2. The molecule has 1 saturated heterocycles. The molecule has 4 heteroatoms. The second-order valence-corrected chi connectivity index (χ2v) is 6.75. The Morgan fingerprint density at radius 3 is 2.04 bits per heavy atom. The first-order chi connectivity index (χ1) is 11.6. The molecule has 1 N–H and O–H groups in total. The summed E-state index contributed by atoms with van der Waals surface area (Å²) >= 11 is 0. The van der Waals surface area contributed by atoms with Crippen LogP contribution in [0.1, 0.15) is 45.9 Å². The predicted molar refractivity (Wildman–Crippen MR) is 105 cm³/mol. The Morgan fingerprint density at radius 2 is 1.48 bits per heavy atom. The van der Waals surface area contributed by atoms with Crippen LogP contribution in [-0.2, 0) is 0 Å². The van der Waals surface area contributed by atoms with Crippen LogP contribution in [0.15, 0.2) is 48.5 Å². The Kier molecular flexibility index (Phi) is 7.03. The number of carbonyl (C=O) groups is 1. The van der Waals surface area contributed by atoms with Gasteiger partial charge in [0.15, 0.2) is 0 Å². The van der Waals surface area contributed by atoms with Crippen molar-refractivity contribution in [2.75, 3.05) is 19.6 Å². The quantitative estimate of drug-likeness (QED) is 0.864. The van der Waals surface area contributed by atoms with Gasteiger partial charge in [0.05, 0.1) is 6.04 Å². The SMILES string of the molecule is Cc1ccc(C(=O)NCC(c2ccc(C)cc2)N2CCCC2)cc1.Cl. The van der Waals surface area contributed by atoms with Crippen LogP contribution in [0.4, 0.5) is 0 Å². The zero-order chi connectivity index (χ0) is 16.9. The van der Waals surface area contributed by atoms with Crippen LogP contribution in [-0.4, -0.2) is 30.4 Å². The van der Waals surface area contributed by atoms with E-state index in [2.05, 4.69) is 41.4 Å². The predicted octanol–water partition coefficient (Wildman–Crippen LogP) is 4.29. The second-order valence-electron chi connectivity index (χ2n) is 6.75. The fraction of sp³-hybridized carbons (Fsp3) is 0.381. The monoisotopic (exact) mass is 358 g/mol. The third kappa shape index (κ3) is 5.07. The van der Waals surface area contributed by atoms with Crippen LogP contribution in [0.5, 0.6) is 0 Å². The molecule has 0 saturated carbocycles. The number of nitrogens with zero attached hydrogens (tertiary/aromatic N) is 1. The Morgan fingerprint density at radius 1 is 0.960 bits per heavy atom. The Labute approximate surface area is 156 Å². The van der Waals surface area contributed by atoms with E-state index in [0.29, 0.717) is 6.54 Å². The lowest BCUT2D eigenvalue weighted by Gasteiger charge is -2.28. The molecule has 1 amide bonds. The summed E-state index contributed by atoms with van der Waals surface area (Å²) in [5.74, 6) is 0.00584. The summed E-state index contributed by atoms with van der Waals surface area (Å²) in [7, 11) is 0. The molecule has 1 unspecified atom stereocenters. The van der Waals surface area contributed by atoms with Gasteiger partial charge in [0.2, 0.25) is 0 Å². The minimum atomic E-state index is 0. The number of hydrogen-bond donors (Lipinski definition) is 1. The van der Waals surface area contributed by atoms with Gasteiger partial charge < -0.3 is 5.32 Å². The minimum absolute atomic E-state index is 0. The summed E-state index contributed by atoms with van der Waals surface area (Å²) < 4.78 is 0. The van der Waals surface area contributed by atoms with Gasteiger partial charge in [-0.2, -0.15) is 0 Å². The topological polar surface area (TPSA) is 32.3 Å². The zero-order valence-corrected chi connectivity index (χ0v) is 15.8. The van der Waals surface area contributed by atoms with Crippen molar-refractivity contribution in [3.63, 3.8) is 0 Å². The molecule has 1 aliphatic heterocycles. The molecule has 3 rings (SSSR count). The van der Waals surface area contributed by atoms with Gasteiger partial charge in [-0.05, 0) is 57.5 Å². The molecule has 0 aliphatic carbocycles. The van der Waals surface area contributed by atoms with E-state index in [1.54, 1.807) is 0 Å². The van der Waals surface area contributed by atoms with Crippen molar-refractivity contribution in [3.05, 3.63) is 70.8 Å². The summed E-state index contributed by atoms with van der Waals surface area (Å²) in [5, 5.41) is 3.13. The lowest BCUT2D eigenvalue weighted by atomic mass is 10.0. The zero-order valence-electron chi connectivity index (χ0n) is 15.0. The molecule has 1 atom stereocenters. The van der Waals surface area contributed by atoms with E-state index < -0.39 is 0 Å². The van der Waals surface area contributed by atoms with Gasteiger partial charge in [0, 0.05) is 12.1 Å². The van der Waals surface area contributed by atoms with Crippen molar-refractivity contribution >= 4 is 18.3 Å². The fourth-order valence-electron chi connectivity index (χ4n) is 3.30. The highest BCUT2D eigenvalue weighted by Crippen LogP contribution is 2.25. The maximum atomic E-state index is 12.4. The highest BCUT2D eigenvalue weighted by atomic mass is 35.5. The van der Waals surface area contributed by atoms with Crippen molar-refractivity contribution in [1.29, 1.82) is 0 Å². The van der Waals surface area contributed by atoms with Crippen molar-refractivity contribution < 1.29 is 4.79 Å². The maximum Gasteiger partial charge on any atom is 0.251 e. The average Bonchev–Trinajstić information content (AvgIpc) is 3.11. The van der Waals surface area contributed by atoms with E-state index in [1.807, 2.05) is 31.2 Å². The van der Waals surface area contributed by atoms with Crippen LogP contribution in [0.2, 0.25) is 0 Å². The maximum absolute atomic E-state index is 12.4. The third-order valence-electron chi connectivity index (χ3n) is 4.81. The molecule has 1 fully saturated rings. The van der Waals surface area contributed by atoms with Gasteiger partial charge in [0.1, 0.15) is 0 Å². The molecule has 1 aliphatic rings. The summed E-state index contributed by atoms with van der Waals surface area (Å²) in [6.07, 6.45) is 2.49. The van der Waals surface area contributed by atoms with E-state index in [-0.39, 0.29) is 24.4 Å². The Bertz CT molecular complexity index is 676. The number of halogens is 1. The van der Waals surface area contributed by atoms with Crippen molar-refractivity contribution in [1.82, 2.24) is 10.2 Å². The van der Waals surface area contributed by atoms with Gasteiger partial charge in [0.25, 0.3) is 5.91 Å². The van der Waals surface area contributed by atoms with Crippen molar-refractivity contribution in [3.8, 4) is 0 Å². The number of likely N-dealkylation sites (tertiary alicyclic amines) is 1. The van der Waals surface area contributed by atoms with Gasteiger partial charge >= 0.3 is 0 Å². The van der Waals surface area contributed by atoms with E-state index in [9.17, 15) is 4.79 Å². The average molecular weight is 359 g/mol. The number of hydrogen-bond acceptors (Lipinski definition) is 2. The van der Waals surface area contributed by atoms with Gasteiger partial charge in [-0.3, -0.25) is 9.69 Å². The fourth-order valence-corrected chi connectivity index (χ4v) is 3.30.